The minimum atomic E-state index is -1.22. The molecule has 2 amide bonds. The van der Waals surface area contributed by atoms with E-state index >= 15 is 0 Å². The predicted molar refractivity (Wildman–Crippen MR) is 153 cm³/mol. The van der Waals surface area contributed by atoms with Gasteiger partial charge in [0, 0.05) is 37.3 Å². The number of rotatable bonds is 14. The molecular weight excluding hydrogens is 526 g/mol. The van der Waals surface area contributed by atoms with E-state index in [-0.39, 0.29) is 25.6 Å². The average Bonchev–Trinajstić information content (AvgIpc) is 2.98. The Kier molecular flexibility index (Phi) is 10.5. The molecule has 1 aliphatic carbocycles. The van der Waals surface area contributed by atoms with Crippen LogP contribution in [0, 0.1) is 5.41 Å². The monoisotopic (exact) mass is 567 g/mol. The van der Waals surface area contributed by atoms with Crippen LogP contribution in [0.1, 0.15) is 64.0 Å². The lowest BCUT2D eigenvalue weighted by Crippen LogP contribution is -2.55. The zero-order valence-electron chi connectivity index (χ0n) is 24.0. The molecule has 41 heavy (non-hydrogen) atoms. The van der Waals surface area contributed by atoms with Crippen molar-refractivity contribution in [3.8, 4) is 5.88 Å². The van der Waals surface area contributed by atoms with E-state index in [2.05, 4.69) is 15.3 Å². The number of carbonyl (C=O) groups is 3. The van der Waals surface area contributed by atoms with Crippen LogP contribution in [0.5, 0.6) is 5.88 Å². The van der Waals surface area contributed by atoms with Crippen LogP contribution in [0.2, 0.25) is 0 Å². The molecule has 222 valence electrons. The van der Waals surface area contributed by atoms with Gasteiger partial charge in [-0.15, -0.1) is 0 Å². The minimum absolute atomic E-state index is 0.103. The summed E-state index contributed by atoms with van der Waals surface area (Å²) in [4.78, 5) is 51.1. The summed E-state index contributed by atoms with van der Waals surface area (Å²) in [6.45, 7) is 6.76. The van der Waals surface area contributed by atoms with Crippen molar-refractivity contribution in [2.24, 2.45) is 5.41 Å². The Bertz CT molecular complexity index is 1170. The molecule has 2 aromatic rings. The number of anilines is 1. The van der Waals surface area contributed by atoms with Gasteiger partial charge in [0.05, 0.1) is 25.9 Å². The van der Waals surface area contributed by atoms with E-state index < -0.39 is 29.2 Å². The zero-order valence-corrected chi connectivity index (χ0v) is 24.0. The van der Waals surface area contributed by atoms with Gasteiger partial charge in [0.25, 0.3) is 5.91 Å². The molecule has 2 fully saturated rings. The first-order chi connectivity index (χ1) is 19.8. The lowest BCUT2D eigenvalue weighted by atomic mass is 9.68. The quantitative estimate of drug-likeness (QED) is 0.327. The van der Waals surface area contributed by atoms with E-state index in [1.807, 2.05) is 42.2 Å². The number of hydrogen-bond acceptors (Lipinski definition) is 8. The standard InChI is InChI=1S/C30H41N5O6/c1-3-4-11-24(26(36)27(37)32-22(2)23-9-6-5-7-10-23)35(29(38)39)20-30(13-8-14-30)21-41-25-12-15-31-28(33-25)34-16-18-40-19-17-34/h5-7,9-10,12,15,22,24H,3-4,8,11,13-14,16-21H2,1-2H3,(H,32,37)(H,38,39)/t22-,24+/m1/s1. The number of benzene rings is 1. The number of unbranched alkanes of at least 4 members (excludes halogenated alkanes) is 1. The Balaban J connectivity index is 1.45. The first kappa shape index (κ1) is 30.2. The largest absolute Gasteiger partial charge is 0.477 e. The number of nitrogens with one attached hydrogen (secondary N) is 1. The molecule has 2 heterocycles. The highest BCUT2D eigenvalue weighted by molar-refractivity contribution is 6.38. The first-order valence-electron chi connectivity index (χ1n) is 14.5. The number of morpholine rings is 1. The maximum atomic E-state index is 13.4. The van der Waals surface area contributed by atoms with Gasteiger partial charge in [-0.3, -0.25) is 14.5 Å². The number of Topliss-reactive ketones (excluding diaryl/α,β-unsaturated/α-hetero) is 1. The van der Waals surface area contributed by atoms with Crippen LogP contribution >= 0.6 is 0 Å². The van der Waals surface area contributed by atoms with Crippen LogP contribution in [0.3, 0.4) is 0 Å². The summed E-state index contributed by atoms with van der Waals surface area (Å²) in [5.74, 6) is -0.515. The van der Waals surface area contributed by atoms with Crippen molar-refractivity contribution in [2.75, 3.05) is 44.4 Å². The van der Waals surface area contributed by atoms with E-state index in [0.29, 0.717) is 44.6 Å². The van der Waals surface area contributed by atoms with Crippen molar-refractivity contribution in [1.29, 1.82) is 0 Å². The van der Waals surface area contributed by atoms with Crippen LogP contribution in [0.15, 0.2) is 42.6 Å². The Morgan fingerprint density at radius 2 is 1.90 bits per heavy atom. The minimum Gasteiger partial charge on any atom is -0.477 e. The fraction of sp³-hybridized carbons (Fsp3) is 0.567. The van der Waals surface area contributed by atoms with Crippen LogP contribution < -0.4 is 15.0 Å². The highest BCUT2D eigenvalue weighted by Gasteiger charge is 2.44. The van der Waals surface area contributed by atoms with Gasteiger partial charge in [-0.25, -0.2) is 9.78 Å². The maximum absolute atomic E-state index is 13.4. The van der Waals surface area contributed by atoms with Gasteiger partial charge in [-0.2, -0.15) is 4.98 Å². The van der Waals surface area contributed by atoms with E-state index in [9.17, 15) is 19.5 Å². The maximum Gasteiger partial charge on any atom is 0.407 e. The van der Waals surface area contributed by atoms with Crippen LogP contribution in [0.4, 0.5) is 10.7 Å². The summed E-state index contributed by atoms with van der Waals surface area (Å²) in [5, 5.41) is 13.0. The number of amides is 2. The van der Waals surface area contributed by atoms with Gasteiger partial charge in [0.2, 0.25) is 17.6 Å². The molecule has 2 N–H and O–H groups in total. The van der Waals surface area contributed by atoms with E-state index in [0.717, 1.165) is 36.1 Å². The fourth-order valence-electron chi connectivity index (χ4n) is 5.32. The Labute approximate surface area is 241 Å². The van der Waals surface area contributed by atoms with Gasteiger partial charge < -0.3 is 24.8 Å². The van der Waals surface area contributed by atoms with Gasteiger partial charge in [-0.05, 0) is 31.7 Å². The fourth-order valence-corrected chi connectivity index (χ4v) is 5.32. The second-order valence-electron chi connectivity index (χ2n) is 11.0. The lowest BCUT2D eigenvalue weighted by Gasteiger charge is -2.45. The number of aromatic nitrogens is 2. The Hall–Kier alpha value is -3.73. The zero-order chi connectivity index (χ0) is 29.2. The number of nitrogens with zero attached hydrogens (tertiary/aromatic N) is 4. The molecule has 1 saturated heterocycles. The van der Waals surface area contributed by atoms with Crippen molar-refractivity contribution in [3.05, 3.63) is 48.2 Å². The average molecular weight is 568 g/mol. The van der Waals surface area contributed by atoms with E-state index in [1.165, 1.54) is 0 Å². The van der Waals surface area contributed by atoms with E-state index in [1.54, 1.807) is 19.2 Å². The number of carbonyl (C=O) groups excluding carboxylic acids is 2. The number of hydrogen-bond donors (Lipinski definition) is 2. The van der Waals surface area contributed by atoms with Crippen molar-refractivity contribution >= 4 is 23.7 Å². The summed E-state index contributed by atoms with van der Waals surface area (Å²) in [6, 6.07) is 9.58. The van der Waals surface area contributed by atoms with E-state index in [4.69, 9.17) is 9.47 Å². The molecule has 11 heteroatoms. The smallest absolute Gasteiger partial charge is 0.407 e. The van der Waals surface area contributed by atoms with Crippen molar-refractivity contribution < 1.29 is 29.0 Å². The molecule has 2 atom stereocenters. The summed E-state index contributed by atoms with van der Waals surface area (Å²) in [5.41, 5.74) is 0.391. The molecule has 0 radical (unpaired) electrons. The molecule has 4 rings (SSSR count). The van der Waals surface area contributed by atoms with Crippen molar-refractivity contribution in [2.45, 2.75) is 64.5 Å². The van der Waals surface area contributed by atoms with Gasteiger partial charge >= 0.3 is 6.09 Å². The van der Waals surface area contributed by atoms with Crippen molar-refractivity contribution in [1.82, 2.24) is 20.2 Å². The second-order valence-corrected chi connectivity index (χ2v) is 11.0. The number of ether oxygens (including phenoxy) is 2. The summed E-state index contributed by atoms with van der Waals surface area (Å²) >= 11 is 0. The van der Waals surface area contributed by atoms with Crippen LogP contribution in [-0.4, -0.2) is 83.3 Å². The molecular formula is C30H41N5O6. The molecule has 1 aromatic carbocycles. The molecule has 1 saturated carbocycles. The summed E-state index contributed by atoms with van der Waals surface area (Å²) < 4.78 is 11.5. The van der Waals surface area contributed by atoms with Crippen LogP contribution in [-0.2, 0) is 14.3 Å². The third kappa shape index (κ3) is 7.93. The summed E-state index contributed by atoms with van der Waals surface area (Å²) in [7, 11) is 0. The molecule has 1 aromatic heterocycles. The molecule has 11 nitrogen and oxygen atoms in total. The number of carboxylic acid groups (broad SMARTS) is 1. The normalized spacial score (nSPS) is 17.6. The highest BCUT2D eigenvalue weighted by Crippen LogP contribution is 2.42. The SMILES string of the molecule is CCCC[C@@H](C(=O)C(=O)N[C@H](C)c1ccccc1)N(CC1(COc2ccnc(N3CCOCC3)n2)CCC1)C(=O)O. The third-order valence-electron chi connectivity index (χ3n) is 7.98. The van der Waals surface area contributed by atoms with Gasteiger partial charge in [-0.1, -0.05) is 56.5 Å². The number of ketones is 1. The molecule has 0 spiro atoms. The molecule has 1 aliphatic heterocycles. The predicted octanol–water partition coefficient (Wildman–Crippen LogP) is 3.85. The molecule has 0 bridgehead atoms. The van der Waals surface area contributed by atoms with Crippen LogP contribution in [0.25, 0.3) is 0 Å². The third-order valence-corrected chi connectivity index (χ3v) is 7.98. The second kappa shape index (κ2) is 14.2. The molecule has 0 unspecified atom stereocenters. The first-order valence-corrected chi connectivity index (χ1v) is 14.5. The van der Waals surface area contributed by atoms with Crippen molar-refractivity contribution in [3.63, 3.8) is 0 Å². The Morgan fingerprint density at radius 3 is 2.54 bits per heavy atom. The van der Waals surface area contributed by atoms with Gasteiger partial charge in [0.15, 0.2) is 0 Å². The summed E-state index contributed by atoms with van der Waals surface area (Å²) in [6.07, 6.45) is 4.55. The van der Waals surface area contributed by atoms with Gasteiger partial charge in [0.1, 0.15) is 6.04 Å². The topological polar surface area (TPSA) is 134 Å². The highest BCUT2D eigenvalue weighted by atomic mass is 16.5. The lowest BCUT2D eigenvalue weighted by molar-refractivity contribution is -0.141. The Morgan fingerprint density at radius 1 is 1.17 bits per heavy atom. The molecule has 2 aliphatic rings.